The van der Waals surface area contributed by atoms with Crippen molar-refractivity contribution in [3.05, 3.63) is 66.2 Å². The first-order valence-corrected chi connectivity index (χ1v) is 9.30. The van der Waals surface area contributed by atoms with Crippen LogP contribution >= 0.6 is 0 Å². The number of ether oxygens (including phenoxy) is 1. The Labute approximate surface area is 162 Å². The summed E-state index contributed by atoms with van der Waals surface area (Å²) in [5.41, 5.74) is 2.46. The molecule has 3 aliphatic heterocycles. The molecule has 4 atom stereocenters. The van der Waals surface area contributed by atoms with Crippen molar-refractivity contribution in [2.45, 2.75) is 25.6 Å². The van der Waals surface area contributed by atoms with Gasteiger partial charge in [-0.25, -0.2) is 4.90 Å². The van der Waals surface area contributed by atoms with E-state index < -0.39 is 17.4 Å². The monoisotopic (exact) mass is 373 g/mol. The minimum atomic E-state index is -0.682. The highest BCUT2D eigenvalue weighted by atomic mass is 16.5. The summed E-state index contributed by atoms with van der Waals surface area (Å²) in [5.74, 6) is -1.26. The second-order valence-corrected chi connectivity index (χ2v) is 7.69. The molecular formula is C22H19N3O3. The normalized spacial score (nSPS) is 30.6. The first-order valence-electron chi connectivity index (χ1n) is 9.30. The lowest BCUT2D eigenvalue weighted by Crippen LogP contribution is -2.38. The summed E-state index contributed by atoms with van der Waals surface area (Å²) in [6.45, 7) is 3.89. The maximum absolute atomic E-state index is 13.0. The molecule has 2 amide bonds. The molecule has 0 N–H and O–H groups in total. The number of nitrogens with zero attached hydrogens (tertiary/aromatic N) is 3. The molecule has 28 heavy (non-hydrogen) atoms. The Bertz CT molecular complexity index is 1030. The fourth-order valence-electron chi connectivity index (χ4n) is 4.30. The Hall–Kier alpha value is -3.12. The SMILES string of the molecule is Cc1ccc(N=Nc2ccc(N3C(=O)[C@H]4[C@H]5C=C[C@@](C)(O5)[C@H]4C3=O)cc2)cc1. The number of hydrogen-bond donors (Lipinski definition) is 0. The third-order valence-electron chi connectivity index (χ3n) is 5.75. The van der Waals surface area contributed by atoms with E-state index in [4.69, 9.17) is 4.74 Å². The third kappa shape index (κ3) is 2.45. The average Bonchev–Trinajstić information content (AvgIpc) is 3.30. The Morgan fingerprint density at radius 1 is 0.929 bits per heavy atom. The molecule has 0 radical (unpaired) electrons. The van der Waals surface area contributed by atoms with E-state index in [0.29, 0.717) is 11.4 Å². The van der Waals surface area contributed by atoms with Gasteiger partial charge in [-0.05, 0) is 50.2 Å². The fourth-order valence-corrected chi connectivity index (χ4v) is 4.30. The molecule has 6 heteroatoms. The van der Waals surface area contributed by atoms with Crippen LogP contribution < -0.4 is 4.90 Å². The lowest BCUT2D eigenvalue weighted by molar-refractivity contribution is -0.126. The second-order valence-electron chi connectivity index (χ2n) is 7.69. The van der Waals surface area contributed by atoms with Gasteiger partial charge in [0.25, 0.3) is 0 Å². The first kappa shape index (κ1) is 17.0. The Kier molecular flexibility index (Phi) is 3.61. The molecule has 5 rings (SSSR count). The molecule has 140 valence electrons. The fraction of sp³-hybridized carbons (Fsp3) is 0.273. The minimum Gasteiger partial charge on any atom is -0.362 e. The van der Waals surface area contributed by atoms with Crippen LogP contribution in [-0.4, -0.2) is 23.5 Å². The molecular weight excluding hydrogens is 354 g/mol. The highest BCUT2D eigenvalue weighted by molar-refractivity contribution is 6.23. The number of anilines is 1. The number of azo groups is 1. The van der Waals surface area contributed by atoms with Gasteiger partial charge in [-0.15, -0.1) is 0 Å². The van der Waals surface area contributed by atoms with Gasteiger partial charge in [0.1, 0.15) is 0 Å². The largest absolute Gasteiger partial charge is 0.362 e. The predicted molar refractivity (Wildman–Crippen MR) is 104 cm³/mol. The summed E-state index contributed by atoms with van der Waals surface area (Å²) in [6, 6.07) is 14.7. The zero-order valence-electron chi connectivity index (χ0n) is 15.6. The minimum absolute atomic E-state index is 0.192. The number of hydrogen-bond acceptors (Lipinski definition) is 5. The second kappa shape index (κ2) is 5.94. The molecule has 2 aromatic carbocycles. The number of carbonyl (C=O) groups is 2. The summed E-state index contributed by atoms with van der Waals surface area (Å²) < 4.78 is 5.85. The highest BCUT2D eigenvalue weighted by Crippen LogP contribution is 2.52. The van der Waals surface area contributed by atoms with E-state index in [-0.39, 0.29) is 17.9 Å². The van der Waals surface area contributed by atoms with E-state index in [2.05, 4.69) is 10.2 Å². The van der Waals surface area contributed by atoms with Crippen LogP contribution in [0.2, 0.25) is 0 Å². The van der Waals surface area contributed by atoms with Gasteiger partial charge >= 0.3 is 0 Å². The summed E-state index contributed by atoms with van der Waals surface area (Å²) in [5, 5.41) is 8.43. The van der Waals surface area contributed by atoms with Crippen LogP contribution in [0.1, 0.15) is 12.5 Å². The van der Waals surface area contributed by atoms with Crippen LogP contribution in [0.3, 0.4) is 0 Å². The van der Waals surface area contributed by atoms with Crippen molar-refractivity contribution < 1.29 is 14.3 Å². The number of fused-ring (bicyclic) bond motifs is 5. The zero-order valence-corrected chi connectivity index (χ0v) is 15.6. The first-order chi connectivity index (χ1) is 13.5. The molecule has 2 saturated heterocycles. The van der Waals surface area contributed by atoms with Crippen molar-refractivity contribution in [2.75, 3.05) is 4.90 Å². The predicted octanol–water partition coefficient (Wildman–Crippen LogP) is 4.24. The van der Waals surface area contributed by atoms with E-state index in [1.807, 2.05) is 50.3 Å². The Balaban J connectivity index is 1.37. The van der Waals surface area contributed by atoms with Crippen LogP contribution in [0.4, 0.5) is 17.1 Å². The van der Waals surface area contributed by atoms with Crippen molar-refractivity contribution in [1.29, 1.82) is 0 Å². The van der Waals surface area contributed by atoms with Gasteiger partial charge in [-0.2, -0.15) is 10.2 Å². The van der Waals surface area contributed by atoms with Gasteiger partial charge in [0.05, 0.1) is 40.6 Å². The molecule has 3 aliphatic rings. The van der Waals surface area contributed by atoms with Gasteiger partial charge in [-0.3, -0.25) is 9.59 Å². The van der Waals surface area contributed by atoms with Crippen LogP contribution in [-0.2, 0) is 14.3 Å². The highest BCUT2D eigenvalue weighted by Gasteiger charge is 2.65. The molecule has 2 fully saturated rings. The van der Waals surface area contributed by atoms with Gasteiger partial charge in [0.2, 0.25) is 11.8 Å². The molecule has 0 aromatic heterocycles. The molecule has 0 spiro atoms. The summed E-state index contributed by atoms with van der Waals surface area (Å²) in [4.78, 5) is 27.2. The van der Waals surface area contributed by atoms with Crippen molar-refractivity contribution >= 4 is 28.9 Å². The zero-order chi connectivity index (χ0) is 19.5. The third-order valence-corrected chi connectivity index (χ3v) is 5.75. The number of carbonyl (C=O) groups excluding carboxylic acids is 2. The Morgan fingerprint density at radius 3 is 2.14 bits per heavy atom. The number of benzene rings is 2. The number of imide groups is 1. The van der Waals surface area contributed by atoms with Crippen LogP contribution in [0.15, 0.2) is 70.9 Å². The lowest BCUT2D eigenvalue weighted by Gasteiger charge is -2.24. The number of rotatable bonds is 3. The smallest absolute Gasteiger partial charge is 0.241 e. The Morgan fingerprint density at radius 2 is 1.54 bits per heavy atom. The van der Waals surface area contributed by atoms with Crippen molar-refractivity contribution in [3.8, 4) is 0 Å². The summed E-state index contributed by atoms with van der Waals surface area (Å²) in [6.07, 6.45) is 3.49. The van der Waals surface area contributed by atoms with Crippen molar-refractivity contribution in [2.24, 2.45) is 22.1 Å². The number of amides is 2. The quantitative estimate of drug-likeness (QED) is 0.459. The molecule has 3 heterocycles. The molecule has 0 aliphatic carbocycles. The van der Waals surface area contributed by atoms with E-state index in [9.17, 15) is 9.59 Å². The molecule has 0 saturated carbocycles. The standard InChI is InChI=1S/C22H19N3O3/c1-13-3-5-14(6-4-13)23-24-15-7-9-16(10-8-15)25-20(26)18-17-11-12-22(2,28-17)19(18)21(25)27/h3-12,17-19H,1-2H3/t17-,18+,19-,22-/m1/s1. The summed E-state index contributed by atoms with van der Waals surface area (Å²) >= 11 is 0. The number of aryl methyl sites for hydroxylation is 1. The van der Waals surface area contributed by atoms with Crippen molar-refractivity contribution in [3.63, 3.8) is 0 Å². The van der Waals surface area contributed by atoms with Gasteiger partial charge in [-0.1, -0.05) is 29.8 Å². The molecule has 2 bridgehead atoms. The maximum atomic E-state index is 13.0. The maximum Gasteiger partial charge on any atom is 0.241 e. The average molecular weight is 373 g/mol. The van der Waals surface area contributed by atoms with E-state index in [0.717, 1.165) is 11.3 Å². The summed E-state index contributed by atoms with van der Waals surface area (Å²) in [7, 11) is 0. The molecule has 6 nitrogen and oxygen atoms in total. The van der Waals surface area contributed by atoms with Gasteiger partial charge in [0, 0.05) is 0 Å². The van der Waals surface area contributed by atoms with Gasteiger partial charge in [0.15, 0.2) is 0 Å². The topological polar surface area (TPSA) is 71.3 Å². The molecule has 2 aromatic rings. The van der Waals surface area contributed by atoms with Crippen LogP contribution in [0.25, 0.3) is 0 Å². The van der Waals surface area contributed by atoms with Crippen molar-refractivity contribution in [1.82, 2.24) is 0 Å². The van der Waals surface area contributed by atoms with Crippen LogP contribution in [0.5, 0.6) is 0 Å². The van der Waals surface area contributed by atoms with E-state index in [1.165, 1.54) is 4.90 Å². The van der Waals surface area contributed by atoms with Gasteiger partial charge < -0.3 is 4.74 Å². The van der Waals surface area contributed by atoms with E-state index in [1.54, 1.807) is 24.3 Å². The molecule has 0 unspecified atom stereocenters. The van der Waals surface area contributed by atoms with Crippen LogP contribution in [0, 0.1) is 18.8 Å². The lowest BCUT2D eigenvalue weighted by atomic mass is 9.78. The van der Waals surface area contributed by atoms with E-state index >= 15 is 0 Å².